The molecule has 1 aliphatic rings. The van der Waals surface area contributed by atoms with E-state index in [-0.39, 0.29) is 11.9 Å². The molecule has 0 bridgehead atoms. The number of amides is 1. The van der Waals surface area contributed by atoms with Gasteiger partial charge in [0.2, 0.25) is 5.91 Å². The molecule has 1 amide bonds. The van der Waals surface area contributed by atoms with Crippen LogP contribution >= 0.6 is 0 Å². The zero-order chi connectivity index (χ0) is 13.8. The van der Waals surface area contributed by atoms with E-state index in [9.17, 15) is 14.7 Å². The minimum Gasteiger partial charge on any atom is -0.481 e. The molecule has 0 aromatic carbocycles. The Morgan fingerprint density at radius 3 is 2.63 bits per heavy atom. The molecular formula is C14H19NO4. The van der Waals surface area contributed by atoms with Gasteiger partial charge in [0.1, 0.15) is 5.76 Å². The highest BCUT2D eigenvalue weighted by Gasteiger charge is 2.36. The minimum absolute atomic E-state index is 0.184. The van der Waals surface area contributed by atoms with Crippen LogP contribution < -0.4 is 5.32 Å². The first-order valence-electron chi connectivity index (χ1n) is 6.66. The van der Waals surface area contributed by atoms with E-state index in [2.05, 4.69) is 5.32 Å². The first-order chi connectivity index (χ1) is 9.09. The Balaban J connectivity index is 2.00. The fourth-order valence-electron chi connectivity index (χ4n) is 2.67. The lowest BCUT2D eigenvalue weighted by Crippen LogP contribution is -2.40. The van der Waals surface area contributed by atoms with Gasteiger partial charge in [-0.15, -0.1) is 0 Å². The normalized spacial score (nSPS) is 24.7. The van der Waals surface area contributed by atoms with Crippen molar-refractivity contribution in [3.63, 3.8) is 0 Å². The van der Waals surface area contributed by atoms with Gasteiger partial charge in [-0.2, -0.15) is 0 Å². The summed E-state index contributed by atoms with van der Waals surface area (Å²) in [6.45, 7) is 1.83. The third kappa shape index (κ3) is 3.16. The van der Waals surface area contributed by atoms with Gasteiger partial charge in [0, 0.05) is 0 Å². The molecule has 0 radical (unpaired) electrons. The van der Waals surface area contributed by atoms with Crippen LogP contribution in [0.4, 0.5) is 0 Å². The predicted octanol–water partition coefficient (Wildman–Crippen LogP) is 2.35. The Labute approximate surface area is 112 Å². The van der Waals surface area contributed by atoms with Crippen LogP contribution in [-0.4, -0.2) is 17.0 Å². The Morgan fingerprint density at radius 1 is 1.37 bits per heavy atom. The molecule has 1 aromatic rings. The summed E-state index contributed by atoms with van der Waals surface area (Å²) < 4.78 is 5.23. The fraction of sp³-hybridized carbons (Fsp3) is 0.571. The van der Waals surface area contributed by atoms with E-state index in [1.807, 2.05) is 6.92 Å². The van der Waals surface area contributed by atoms with E-state index >= 15 is 0 Å². The van der Waals surface area contributed by atoms with Gasteiger partial charge in [-0.3, -0.25) is 9.59 Å². The monoisotopic (exact) mass is 265 g/mol. The van der Waals surface area contributed by atoms with Crippen molar-refractivity contribution in [3.05, 3.63) is 24.2 Å². The van der Waals surface area contributed by atoms with Gasteiger partial charge in [0.05, 0.1) is 24.1 Å². The summed E-state index contributed by atoms with van der Waals surface area (Å²) in [6, 6.07) is 3.32. The number of carbonyl (C=O) groups is 2. The van der Waals surface area contributed by atoms with Crippen molar-refractivity contribution >= 4 is 11.9 Å². The molecule has 1 heterocycles. The van der Waals surface area contributed by atoms with Crippen LogP contribution in [0.3, 0.4) is 0 Å². The highest BCUT2D eigenvalue weighted by Crippen LogP contribution is 2.31. The summed E-state index contributed by atoms with van der Waals surface area (Å²) >= 11 is 0. The van der Waals surface area contributed by atoms with Crippen molar-refractivity contribution in [2.75, 3.05) is 0 Å². The van der Waals surface area contributed by atoms with Crippen LogP contribution in [0.25, 0.3) is 0 Å². The van der Waals surface area contributed by atoms with E-state index in [0.717, 1.165) is 12.8 Å². The summed E-state index contributed by atoms with van der Waals surface area (Å²) in [5.74, 6) is -1.36. The first-order valence-corrected chi connectivity index (χ1v) is 6.66. The van der Waals surface area contributed by atoms with Crippen molar-refractivity contribution in [3.8, 4) is 0 Å². The molecule has 0 spiro atoms. The standard InChI is InChI=1S/C14H19NO4/c1-9(12-7-4-8-19-12)15-13(16)10-5-2-3-6-11(10)14(17)18/h4,7-11H,2-3,5-6H2,1H3,(H,15,16)(H,17,18)/t9-,10?,11?/m1/s1. The van der Waals surface area contributed by atoms with E-state index < -0.39 is 17.8 Å². The molecule has 5 nitrogen and oxygen atoms in total. The lowest BCUT2D eigenvalue weighted by molar-refractivity contribution is -0.149. The molecule has 2 rings (SSSR count). The van der Waals surface area contributed by atoms with Crippen molar-refractivity contribution in [2.24, 2.45) is 11.8 Å². The fourth-order valence-corrected chi connectivity index (χ4v) is 2.67. The molecule has 2 N–H and O–H groups in total. The Morgan fingerprint density at radius 2 is 2.05 bits per heavy atom. The first kappa shape index (κ1) is 13.6. The molecule has 19 heavy (non-hydrogen) atoms. The molecule has 1 saturated carbocycles. The summed E-state index contributed by atoms with van der Waals surface area (Å²) in [7, 11) is 0. The number of carboxylic acids is 1. The number of carbonyl (C=O) groups excluding carboxylic acids is 1. The lowest BCUT2D eigenvalue weighted by atomic mass is 9.78. The van der Waals surface area contributed by atoms with Gasteiger partial charge < -0.3 is 14.8 Å². The number of hydrogen-bond donors (Lipinski definition) is 2. The maximum atomic E-state index is 12.2. The number of aliphatic carboxylic acids is 1. The number of furan rings is 1. The second kappa shape index (κ2) is 5.91. The topological polar surface area (TPSA) is 79.5 Å². The highest BCUT2D eigenvalue weighted by molar-refractivity contribution is 5.85. The molecule has 1 aromatic heterocycles. The predicted molar refractivity (Wildman–Crippen MR) is 68.3 cm³/mol. The van der Waals surface area contributed by atoms with Gasteiger partial charge in [-0.05, 0) is 31.9 Å². The zero-order valence-electron chi connectivity index (χ0n) is 11.0. The average Bonchev–Trinajstić information content (AvgIpc) is 2.92. The van der Waals surface area contributed by atoms with E-state index in [1.165, 1.54) is 0 Å². The van der Waals surface area contributed by atoms with Crippen LogP contribution in [0.5, 0.6) is 0 Å². The SMILES string of the molecule is C[C@@H](NC(=O)C1CCCCC1C(=O)O)c1ccco1. The Hall–Kier alpha value is -1.78. The van der Waals surface area contributed by atoms with Gasteiger partial charge in [-0.25, -0.2) is 0 Å². The third-order valence-corrected chi connectivity index (χ3v) is 3.75. The van der Waals surface area contributed by atoms with Gasteiger partial charge >= 0.3 is 5.97 Å². The van der Waals surface area contributed by atoms with Crippen molar-refractivity contribution < 1.29 is 19.1 Å². The second-order valence-corrected chi connectivity index (χ2v) is 5.08. The highest BCUT2D eigenvalue weighted by atomic mass is 16.4. The lowest BCUT2D eigenvalue weighted by Gasteiger charge is -2.28. The van der Waals surface area contributed by atoms with Crippen molar-refractivity contribution in [1.82, 2.24) is 5.32 Å². The number of carboxylic acid groups (broad SMARTS) is 1. The third-order valence-electron chi connectivity index (χ3n) is 3.75. The van der Waals surface area contributed by atoms with Gasteiger partial charge in [-0.1, -0.05) is 12.8 Å². The number of rotatable bonds is 4. The smallest absolute Gasteiger partial charge is 0.307 e. The maximum absolute atomic E-state index is 12.2. The van der Waals surface area contributed by atoms with E-state index in [1.54, 1.807) is 18.4 Å². The van der Waals surface area contributed by atoms with E-state index in [0.29, 0.717) is 18.6 Å². The zero-order valence-corrected chi connectivity index (χ0v) is 11.0. The molecule has 2 unspecified atom stereocenters. The Bertz CT molecular complexity index is 440. The van der Waals surface area contributed by atoms with E-state index in [4.69, 9.17) is 4.42 Å². The number of hydrogen-bond acceptors (Lipinski definition) is 3. The number of nitrogens with one attached hydrogen (secondary N) is 1. The summed E-state index contributed by atoms with van der Waals surface area (Å²) in [5, 5.41) is 12.0. The van der Waals surface area contributed by atoms with Crippen molar-refractivity contribution in [1.29, 1.82) is 0 Å². The van der Waals surface area contributed by atoms with Crippen LogP contribution in [0, 0.1) is 11.8 Å². The van der Waals surface area contributed by atoms with Crippen LogP contribution in [0.15, 0.2) is 22.8 Å². The molecule has 0 saturated heterocycles. The summed E-state index contributed by atoms with van der Waals surface area (Å²) in [5.41, 5.74) is 0. The molecule has 5 heteroatoms. The quantitative estimate of drug-likeness (QED) is 0.875. The summed E-state index contributed by atoms with van der Waals surface area (Å²) in [4.78, 5) is 23.4. The minimum atomic E-state index is -0.870. The second-order valence-electron chi connectivity index (χ2n) is 5.08. The Kier molecular flexibility index (Phi) is 4.24. The molecule has 104 valence electrons. The summed E-state index contributed by atoms with van der Waals surface area (Å²) in [6.07, 6.45) is 4.58. The average molecular weight is 265 g/mol. The maximum Gasteiger partial charge on any atom is 0.307 e. The van der Waals surface area contributed by atoms with Crippen LogP contribution in [0.2, 0.25) is 0 Å². The van der Waals surface area contributed by atoms with Crippen molar-refractivity contribution in [2.45, 2.75) is 38.6 Å². The van der Waals surface area contributed by atoms with Gasteiger partial charge in [0.25, 0.3) is 0 Å². The largest absolute Gasteiger partial charge is 0.481 e. The molecule has 0 aliphatic heterocycles. The molecular weight excluding hydrogens is 246 g/mol. The molecule has 1 aliphatic carbocycles. The van der Waals surface area contributed by atoms with Crippen LogP contribution in [0.1, 0.15) is 44.4 Å². The van der Waals surface area contributed by atoms with Crippen LogP contribution in [-0.2, 0) is 9.59 Å². The van der Waals surface area contributed by atoms with Gasteiger partial charge in [0.15, 0.2) is 0 Å². The molecule has 3 atom stereocenters. The molecule has 1 fully saturated rings.